The Hall–Kier alpha value is -0.340. The highest BCUT2D eigenvalue weighted by atomic mass is 32.1. The molecule has 1 N–H and O–H groups in total. The molecule has 0 bridgehead atoms. The molecule has 16 heavy (non-hydrogen) atoms. The summed E-state index contributed by atoms with van der Waals surface area (Å²) in [5.41, 5.74) is 1.50. The average Bonchev–Trinajstić information content (AvgIpc) is 2.83. The van der Waals surface area contributed by atoms with Crippen molar-refractivity contribution in [3.63, 3.8) is 0 Å². The summed E-state index contributed by atoms with van der Waals surface area (Å²) in [4.78, 5) is 1.63. The molecule has 1 aromatic rings. The monoisotopic (exact) mass is 237 g/mol. The number of hydrogen-bond donors (Lipinski definition) is 1. The van der Waals surface area contributed by atoms with Crippen LogP contribution in [-0.4, -0.2) is 12.6 Å². The van der Waals surface area contributed by atoms with Gasteiger partial charge in [0, 0.05) is 10.9 Å². The normalized spacial score (nSPS) is 29.8. The molecule has 1 saturated carbocycles. The van der Waals surface area contributed by atoms with Crippen molar-refractivity contribution in [1.29, 1.82) is 0 Å². The van der Waals surface area contributed by atoms with Crippen molar-refractivity contribution >= 4 is 11.3 Å². The predicted octanol–water partition coefficient (Wildman–Crippen LogP) is 3.94. The Morgan fingerprint density at radius 3 is 2.88 bits per heavy atom. The molecule has 2 rings (SSSR count). The molecule has 1 aliphatic rings. The van der Waals surface area contributed by atoms with Gasteiger partial charge in [-0.15, -0.1) is 11.3 Å². The zero-order valence-electron chi connectivity index (χ0n) is 10.6. The van der Waals surface area contributed by atoms with Crippen molar-refractivity contribution < 1.29 is 0 Å². The fraction of sp³-hybridized carbons (Fsp3) is 0.714. The topological polar surface area (TPSA) is 12.0 Å². The average molecular weight is 237 g/mol. The van der Waals surface area contributed by atoms with Crippen LogP contribution in [0.3, 0.4) is 0 Å². The standard InChI is InChI=1S/C14H23NS/c1-4-8-15-13-6-5-12(11(13)3)14-10(2)7-9-16-14/h7,9,11-13,15H,4-6,8H2,1-3H3. The van der Waals surface area contributed by atoms with Gasteiger partial charge in [0.05, 0.1) is 0 Å². The molecule has 0 aliphatic heterocycles. The van der Waals surface area contributed by atoms with E-state index in [0.29, 0.717) is 0 Å². The number of nitrogens with one attached hydrogen (secondary N) is 1. The minimum atomic E-state index is 0.742. The molecule has 1 aromatic heterocycles. The summed E-state index contributed by atoms with van der Waals surface area (Å²) in [5.74, 6) is 1.60. The second kappa shape index (κ2) is 5.33. The van der Waals surface area contributed by atoms with E-state index in [9.17, 15) is 0 Å². The third-order valence-electron chi connectivity index (χ3n) is 3.95. The first-order chi connectivity index (χ1) is 7.74. The first-order valence-corrected chi connectivity index (χ1v) is 7.39. The highest BCUT2D eigenvalue weighted by molar-refractivity contribution is 7.10. The molecule has 1 heterocycles. The maximum absolute atomic E-state index is 3.70. The predicted molar refractivity (Wildman–Crippen MR) is 72.3 cm³/mol. The molecule has 3 atom stereocenters. The van der Waals surface area contributed by atoms with Crippen molar-refractivity contribution in [2.24, 2.45) is 5.92 Å². The number of rotatable bonds is 4. The van der Waals surface area contributed by atoms with E-state index in [2.05, 4.69) is 37.5 Å². The van der Waals surface area contributed by atoms with E-state index >= 15 is 0 Å². The molecule has 0 amide bonds. The largest absolute Gasteiger partial charge is 0.314 e. The van der Waals surface area contributed by atoms with Crippen molar-refractivity contribution in [2.75, 3.05) is 6.54 Å². The van der Waals surface area contributed by atoms with Crippen LogP contribution in [0.1, 0.15) is 49.5 Å². The summed E-state index contributed by atoms with van der Waals surface area (Å²) < 4.78 is 0. The second-order valence-corrected chi connectivity index (χ2v) is 6.02. The summed E-state index contributed by atoms with van der Waals surface area (Å²) >= 11 is 1.95. The molecule has 0 aromatic carbocycles. The van der Waals surface area contributed by atoms with Crippen LogP contribution in [0.15, 0.2) is 11.4 Å². The van der Waals surface area contributed by atoms with Crippen LogP contribution in [0.2, 0.25) is 0 Å². The van der Waals surface area contributed by atoms with E-state index in [1.807, 2.05) is 11.3 Å². The zero-order chi connectivity index (χ0) is 11.5. The quantitative estimate of drug-likeness (QED) is 0.836. The summed E-state index contributed by atoms with van der Waals surface area (Å²) in [7, 11) is 0. The SMILES string of the molecule is CCCNC1CCC(c2sccc2C)C1C. The molecular formula is C14H23NS. The summed E-state index contributed by atoms with van der Waals surface area (Å²) in [5, 5.41) is 5.94. The van der Waals surface area contributed by atoms with Gasteiger partial charge in [0.2, 0.25) is 0 Å². The van der Waals surface area contributed by atoms with E-state index in [1.54, 1.807) is 4.88 Å². The van der Waals surface area contributed by atoms with Gasteiger partial charge in [-0.1, -0.05) is 13.8 Å². The van der Waals surface area contributed by atoms with Crippen LogP contribution in [-0.2, 0) is 0 Å². The maximum atomic E-state index is 3.70. The smallest absolute Gasteiger partial charge is 0.0109 e. The molecule has 1 nitrogen and oxygen atoms in total. The minimum absolute atomic E-state index is 0.742. The number of aryl methyl sites for hydroxylation is 1. The van der Waals surface area contributed by atoms with Gasteiger partial charge in [0.25, 0.3) is 0 Å². The third kappa shape index (κ3) is 2.33. The summed E-state index contributed by atoms with van der Waals surface area (Å²) in [6.07, 6.45) is 3.96. The summed E-state index contributed by atoms with van der Waals surface area (Å²) in [6, 6.07) is 3.01. The molecule has 1 fully saturated rings. The molecule has 2 heteroatoms. The van der Waals surface area contributed by atoms with E-state index < -0.39 is 0 Å². The Kier molecular flexibility index (Phi) is 4.04. The molecular weight excluding hydrogens is 214 g/mol. The van der Waals surface area contributed by atoms with Crippen molar-refractivity contribution in [1.82, 2.24) is 5.32 Å². The molecule has 0 spiro atoms. The highest BCUT2D eigenvalue weighted by Gasteiger charge is 2.34. The maximum Gasteiger partial charge on any atom is 0.0109 e. The van der Waals surface area contributed by atoms with E-state index in [-0.39, 0.29) is 0 Å². The van der Waals surface area contributed by atoms with Gasteiger partial charge < -0.3 is 5.32 Å². The van der Waals surface area contributed by atoms with Gasteiger partial charge in [-0.2, -0.15) is 0 Å². The first kappa shape index (κ1) is 12.1. The van der Waals surface area contributed by atoms with Gasteiger partial charge >= 0.3 is 0 Å². The third-order valence-corrected chi connectivity index (χ3v) is 5.10. The second-order valence-electron chi connectivity index (χ2n) is 5.07. The molecule has 1 aliphatic carbocycles. The Bertz CT molecular complexity index is 331. The zero-order valence-corrected chi connectivity index (χ0v) is 11.4. The van der Waals surface area contributed by atoms with Crippen LogP contribution in [0.25, 0.3) is 0 Å². The Balaban J connectivity index is 2.02. The Morgan fingerprint density at radius 1 is 1.44 bits per heavy atom. The lowest BCUT2D eigenvalue weighted by atomic mass is 9.92. The lowest BCUT2D eigenvalue weighted by Gasteiger charge is -2.21. The number of thiophene rings is 1. The van der Waals surface area contributed by atoms with E-state index in [0.717, 1.165) is 17.9 Å². The fourth-order valence-electron chi connectivity index (χ4n) is 2.92. The van der Waals surface area contributed by atoms with Crippen LogP contribution < -0.4 is 5.32 Å². The minimum Gasteiger partial charge on any atom is -0.314 e. The van der Waals surface area contributed by atoms with Crippen LogP contribution in [0.5, 0.6) is 0 Å². The Labute approximate surface area is 103 Å². The molecule has 3 unspecified atom stereocenters. The number of hydrogen-bond acceptors (Lipinski definition) is 2. The van der Waals surface area contributed by atoms with Gasteiger partial charge in [-0.25, -0.2) is 0 Å². The highest BCUT2D eigenvalue weighted by Crippen LogP contribution is 2.42. The van der Waals surface area contributed by atoms with Crippen LogP contribution >= 0.6 is 11.3 Å². The van der Waals surface area contributed by atoms with E-state index in [4.69, 9.17) is 0 Å². The lowest BCUT2D eigenvalue weighted by Crippen LogP contribution is -2.32. The molecule has 0 radical (unpaired) electrons. The van der Waals surface area contributed by atoms with Crippen molar-refractivity contribution in [3.05, 3.63) is 21.9 Å². The first-order valence-electron chi connectivity index (χ1n) is 6.51. The van der Waals surface area contributed by atoms with Gasteiger partial charge in [-0.3, -0.25) is 0 Å². The van der Waals surface area contributed by atoms with Gasteiger partial charge in [0.15, 0.2) is 0 Å². The van der Waals surface area contributed by atoms with Crippen LogP contribution in [0, 0.1) is 12.8 Å². The van der Waals surface area contributed by atoms with Gasteiger partial charge in [-0.05, 0) is 61.6 Å². The van der Waals surface area contributed by atoms with Gasteiger partial charge in [0.1, 0.15) is 0 Å². The Morgan fingerprint density at radius 2 is 2.25 bits per heavy atom. The van der Waals surface area contributed by atoms with Crippen molar-refractivity contribution in [2.45, 2.75) is 52.0 Å². The van der Waals surface area contributed by atoms with Crippen LogP contribution in [0.4, 0.5) is 0 Å². The summed E-state index contributed by atoms with van der Waals surface area (Å²) in [6.45, 7) is 8.09. The lowest BCUT2D eigenvalue weighted by molar-refractivity contribution is 0.406. The molecule has 90 valence electrons. The molecule has 0 saturated heterocycles. The fourth-order valence-corrected chi connectivity index (χ4v) is 4.10. The van der Waals surface area contributed by atoms with Crippen molar-refractivity contribution in [3.8, 4) is 0 Å². The van der Waals surface area contributed by atoms with E-state index in [1.165, 1.54) is 31.4 Å².